The molecule has 2 N–H and O–H groups in total. The summed E-state index contributed by atoms with van der Waals surface area (Å²) in [6.07, 6.45) is 1.05. The van der Waals surface area contributed by atoms with Gasteiger partial charge >= 0.3 is 6.03 Å². The predicted molar refractivity (Wildman–Crippen MR) is 62.2 cm³/mol. The fraction of sp³-hybridized carbons (Fsp3) is 0.300. The molecule has 96 valence electrons. The lowest BCUT2D eigenvalue weighted by Gasteiger charge is -2.06. The summed E-state index contributed by atoms with van der Waals surface area (Å²) in [5.41, 5.74) is -0.000462. The van der Waals surface area contributed by atoms with Gasteiger partial charge in [0.2, 0.25) is 0 Å². The Hall–Kier alpha value is -2.51. The maximum Gasteiger partial charge on any atom is 0.321 e. The lowest BCUT2D eigenvalue weighted by Crippen LogP contribution is -2.39. The molecule has 1 aromatic rings. The Balaban J connectivity index is 2.94. The van der Waals surface area contributed by atoms with Crippen molar-refractivity contribution in [1.82, 2.24) is 15.6 Å². The molecule has 18 heavy (non-hydrogen) atoms. The van der Waals surface area contributed by atoms with Crippen LogP contribution in [-0.4, -0.2) is 28.4 Å². The summed E-state index contributed by atoms with van der Waals surface area (Å²) in [6.45, 7) is 3.59. The zero-order valence-corrected chi connectivity index (χ0v) is 9.89. The van der Waals surface area contributed by atoms with Crippen molar-refractivity contribution < 1.29 is 14.5 Å². The van der Waals surface area contributed by atoms with Gasteiger partial charge in [0.15, 0.2) is 0 Å². The van der Waals surface area contributed by atoms with Crippen LogP contribution in [0.15, 0.2) is 12.3 Å². The van der Waals surface area contributed by atoms with E-state index in [-0.39, 0.29) is 11.3 Å². The molecule has 0 aliphatic heterocycles. The van der Waals surface area contributed by atoms with Crippen molar-refractivity contribution in [2.24, 2.45) is 0 Å². The van der Waals surface area contributed by atoms with Crippen LogP contribution in [-0.2, 0) is 0 Å². The van der Waals surface area contributed by atoms with E-state index in [9.17, 15) is 19.7 Å². The fourth-order valence-corrected chi connectivity index (χ4v) is 1.23. The number of rotatable bonds is 3. The quantitative estimate of drug-likeness (QED) is 0.608. The van der Waals surface area contributed by atoms with Crippen LogP contribution in [0.1, 0.15) is 23.0 Å². The van der Waals surface area contributed by atoms with E-state index in [4.69, 9.17) is 0 Å². The molecule has 3 amide bonds. The molecule has 0 saturated heterocycles. The molecule has 8 nitrogen and oxygen atoms in total. The number of hydrogen-bond donors (Lipinski definition) is 2. The van der Waals surface area contributed by atoms with E-state index >= 15 is 0 Å². The monoisotopic (exact) mass is 252 g/mol. The minimum atomic E-state index is -0.727. The topological polar surface area (TPSA) is 114 Å². The summed E-state index contributed by atoms with van der Waals surface area (Å²) < 4.78 is 0. The van der Waals surface area contributed by atoms with Gasteiger partial charge in [-0.2, -0.15) is 0 Å². The number of nitrogens with zero attached hydrogens (tertiary/aromatic N) is 2. The van der Waals surface area contributed by atoms with Crippen LogP contribution >= 0.6 is 0 Å². The van der Waals surface area contributed by atoms with E-state index in [1.54, 1.807) is 6.92 Å². The molecule has 0 unspecified atom stereocenters. The Bertz CT molecular complexity index is 501. The number of nitro groups is 1. The SMILES string of the molecule is CCNC(=O)NC(=O)c1cc([N+](=O)[O-])cnc1C. The molecule has 0 saturated carbocycles. The first-order valence-corrected chi connectivity index (χ1v) is 5.16. The predicted octanol–water partition coefficient (Wildman–Crippen LogP) is 0.758. The zero-order valence-electron chi connectivity index (χ0n) is 9.89. The summed E-state index contributed by atoms with van der Waals surface area (Å²) >= 11 is 0. The molecule has 0 fully saturated rings. The molecule has 0 radical (unpaired) electrons. The number of hydrogen-bond acceptors (Lipinski definition) is 5. The third kappa shape index (κ3) is 3.24. The number of pyridine rings is 1. The van der Waals surface area contributed by atoms with Gasteiger partial charge in [-0.1, -0.05) is 0 Å². The van der Waals surface area contributed by atoms with Crippen LogP contribution in [0.25, 0.3) is 0 Å². The van der Waals surface area contributed by atoms with E-state index in [1.807, 2.05) is 0 Å². The van der Waals surface area contributed by atoms with E-state index in [2.05, 4.69) is 15.6 Å². The summed E-state index contributed by atoms with van der Waals surface area (Å²) in [5.74, 6) is -0.727. The first kappa shape index (κ1) is 13.6. The highest BCUT2D eigenvalue weighted by molar-refractivity contribution is 6.05. The van der Waals surface area contributed by atoms with Crippen LogP contribution in [0.2, 0.25) is 0 Å². The summed E-state index contributed by atoms with van der Waals surface area (Å²) in [5, 5.41) is 15.0. The summed E-state index contributed by atoms with van der Waals surface area (Å²) in [7, 11) is 0. The number of imide groups is 1. The largest absolute Gasteiger partial charge is 0.338 e. The molecule has 0 bridgehead atoms. The maximum atomic E-state index is 11.7. The lowest BCUT2D eigenvalue weighted by atomic mass is 10.2. The molecular weight excluding hydrogens is 240 g/mol. The molecule has 0 aliphatic carbocycles. The number of amides is 3. The van der Waals surface area contributed by atoms with Crippen LogP contribution in [0, 0.1) is 17.0 Å². The molecular formula is C10H12N4O4. The van der Waals surface area contributed by atoms with Crippen molar-refractivity contribution >= 4 is 17.6 Å². The Morgan fingerprint density at radius 3 is 2.72 bits per heavy atom. The standard InChI is InChI=1S/C10H12N4O4/c1-3-11-10(16)13-9(15)8-4-7(14(17)18)5-12-6(8)2/h4-5H,3H2,1-2H3,(H2,11,13,15,16). The highest BCUT2D eigenvalue weighted by atomic mass is 16.6. The van der Waals surface area contributed by atoms with Gasteiger partial charge in [-0.05, 0) is 13.8 Å². The lowest BCUT2D eigenvalue weighted by molar-refractivity contribution is -0.385. The van der Waals surface area contributed by atoms with Crippen molar-refractivity contribution in [1.29, 1.82) is 0 Å². The van der Waals surface area contributed by atoms with Gasteiger partial charge < -0.3 is 5.32 Å². The van der Waals surface area contributed by atoms with Crippen molar-refractivity contribution in [3.05, 3.63) is 33.6 Å². The van der Waals surface area contributed by atoms with Crippen LogP contribution in [0.5, 0.6) is 0 Å². The number of aromatic nitrogens is 1. The molecule has 1 aromatic heterocycles. The minimum Gasteiger partial charge on any atom is -0.338 e. The second kappa shape index (κ2) is 5.71. The molecule has 0 atom stereocenters. The van der Waals surface area contributed by atoms with Crippen molar-refractivity contribution in [3.63, 3.8) is 0 Å². The van der Waals surface area contributed by atoms with Gasteiger partial charge in [0.25, 0.3) is 11.6 Å². The number of carbonyl (C=O) groups excluding carboxylic acids is 2. The van der Waals surface area contributed by atoms with Crippen LogP contribution < -0.4 is 10.6 Å². The van der Waals surface area contributed by atoms with Crippen molar-refractivity contribution in [3.8, 4) is 0 Å². The molecule has 0 aliphatic rings. The molecule has 1 rings (SSSR count). The summed E-state index contributed by atoms with van der Waals surface area (Å²) in [6, 6.07) is 0.421. The maximum absolute atomic E-state index is 11.7. The van der Waals surface area contributed by atoms with Crippen molar-refractivity contribution in [2.45, 2.75) is 13.8 Å². The average molecular weight is 252 g/mol. The van der Waals surface area contributed by atoms with Crippen LogP contribution in [0.3, 0.4) is 0 Å². The van der Waals surface area contributed by atoms with E-state index in [1.165, 1.54) is 6.92 Å². The fourth-order valence-electron chi connectivity index (χ4n) is 1.23. The molecule has 0 spiro atoms. The first-order valence-electron chi connectivity index (χ1n) is 5.16. The second-order valence-corrected chi connectivity index (χ2v) is 3.40. The third-order valence-corrected chi connectivity index (χ3v) is 2.09. The molecule has 1 heterocycles. The Morgan fingerprint density at radius 2 is 2.17 bits per heavy atom. The van der Waals surface area contributed by atoms with Gasteiger partial charge in [0.05, 0.1) is 16.2 Å². The smallest absolute Gasteiger partial charge is 0.321 e. The van der Waals surface area contributed by atoms with E-state index < -0.39 is 16.9 Å². The van der Waals surface area contributed by atoms with Gasteiger partial charge in [0, 0.05) is 12.6 Å². The number of urea groups is 1. The highest BCUT2D eigenvalue weighted by Gasteiger charge is 2.17. The molecule has 0 aromatic carbocycles. The molecule has 8 heteroatoms. The first-order chi connectivity index (χ1) is 8.45. The van der Waals surface area contributed by atoms with Gasteiger partial charge in [-0.3, -0.25) is 25.2 Å². The average Bonchev–Trinajstić information content (AvgIpc) is 2.29. The van der Waals surface area contributed by atoms with E-state index in [0.29, 0.717) is 12.2 Å². The Labute approximate surface area is 103 Å². The van der Waals surface area contributed by atoms with E-state index in [0.717, 1.165) is 12.3 Å². The number of nitrogens with one attached hydrogen (secondary N) is 2. The van der Waals surface area contributed by atoms with Crippen LogP contribution in [0.4, 0.5) is 10.5 Å². The summed E-state index contributed by atoms with van der Waals surface area (Å²) in [4.78, 5) is 36.5. The number of carbonyl (C=O) groups is 2. The van der Waals surface area contributed by atoms with Gasteiger partial charge in [-0.15, -0.1) is 0 Å². The highest BCUT2D eigenvalue weighted by Crippen LogP contribution is 2.14. The number of aryl methyl sites for hydroxylation is 1. The third-order valence-electron chi connectivity index (χ3n) is 2.09. The second-order valence-electron chi connectivity index (χ2n) is 3.40. The Morgan fingerprint density at radius 1 is 1.50 bits per heavy atom. The van der Waals surface area contributed by atoms with Crippen molar-refractivity contribution in [2.75, 3.05) is 6.54 Å². The minimum absolute atomic E-state index is 0.00421. The normalized spacial score (nSPS) is 9.67. The zero-order chi connectivity index (χ0) is 13.7. The van der Waals surface area contributed by atoms with Gasteiger partial charge in [-0.25, -0.2) is 4.79 Å². The Kier molecular flexibility index (Phi) is 4.30. The van der Waals surface area contributed by atoms with Gasteiger partial charge in [0.1, 0.15) is 6.20 Å².